The Bertz CT molecular complexity index is 449. The number of nitrogens with zero attached hydrogens (tertiary/aromatic N) is 2. The van der Waals surface area contributed by atoms with Gasteiger partial charge in [0.2, 0.25) is 5.91 Å². The summed E-state index contributed by atoms with van der Waals surface area (Å²) in [6, 6.07) is 0.0461. The largest absolute Gasteiger partial charge is 0.371 e. The highest BCUT2D eigenvalue weighted by molar-refractivity contribution is 7.98. The first kappa shape index (κ1) is 15.4. The number of amides is 1. The molecule has 6 heteroatoms. The Labute approximate surface area is 124 Å². The summed E-state index contributed by atoms with van der Waals surface area (Å²) in [5.41, 5.74) is 1.04. The van der Waals surface area contributed by atoms with Gasteiger partial charge in [-0.1, -0.05) is 6.92 Å². The van der Waals surface area contributed by atoms with Gasteiger partial charge < -0.3 is 10.1 Å². The molecule has 112 valence electrons. The van der Waals surface area contributed by atoms with Crippen LogP contribution < -0.4 is 5.32 Å². The number of ether oxygens (including phenoxy) is 1. The number of aryl methyl sites for hydroxylation is 1. The molecular weight excluding hydrogens is 274 g/mol. The lowest BCUT2D eigenvalue weighted by atomic mass is 9.97. The average molecular weight is 297 g/mol. The van der Waals surface area contributed by atoms with E-state index in [0.29, 0.717) is 0 Å². The second-order valence-electron chi connectivity index (χ2n) is 5.35. The number of rotatable bonds is 5. The molecule has 2 heterocycles. The van der Waals surface area contributed by atoms with Crippen molar-refractivity contribution in [1.29, 1.82) is 0 Å². The van der Waals surface area contributed by atoms with Gasteiger partial charge in [0.25, 0.3) is 0 Å². The molecule has 1 aromatic rings. The van der Waals surface area contributed by atoms with Crippen molar-refractivity contribution in [3.63, 3.8) is 0 Å². The topological polar surface area (TPSA) is 56.1 Å². The SMILES string of the molecule is CSCC(C)C(=O)N[C@H]1CCCO[C@@H]1c1cnn(C)c1. The lowest BCUT2D eigenvalue weighted by molar-refractivity contribution is -0.127. The van der Waals surface area contributed by atoms with Gasteiger partial charge in [0.1, 0.15) is 6.10 Å². The minimum atomic E-state index is -0.0807. The molecule has 2 rings (SSSR count). The molecule has 1 aliphatic rings. The summed E-state index contributed by atoms with van der Waals surface area (Å²) in [7, 11) is 1.89. The molecular formula is C14H23N3O2S. The van der Waals surface area contributed by atoms with E-state index in [4.69, 9.17) is 4.74 Å². The van der Waals surface area contributed by atoms with Gasteiger partial charge in [-0.2, -0.15) is 16.9 Å². The van der Waals surface area contributed by atoms with Crippen molar-refractivity contribution in [3.8, 4) is 0 Å². The second-order valence-corrected chi connectivity index (χ2v) is 6.26. The van der Waals surface area contributed by atoms with E-state index in [2.05, 4.69) is 10.4 Å². The van der Waals surface area contributed by atoms with Gasteiger partial charge >= 0.3 is 0 Å². The zero-order valence-electron chi connectivity index (χ0n) is 12.3. The Morgan fingerprint density at radius 1 is 1.70 bits per heavy atom. The van der Waals surface area contributed by atoms with Crippen LogP contribution in [0.15, 0.2) is 12.4 Å². The summed E-state index contributed by atoms with van der Waals surface area (Å²) in [4.78, 5) is 12.2. The van der Waals surface area contributed by atoms with Gasteiger partial charge in [-0.3, -0.25) is 9.48 Å². The third kappa shape index (κ3) is 3.76. The maximum absolute atomic E-state index is 12.2. The van der Waals surface area contributed by atoms with E-state index in [1.54, 1.807) is 16.4 Å². The van der Waals surface area contributed by atoms with Crippen molar-refractivity contribution in [1.82, 2.24) is 15.1 Å². The minimum Gasteiger partial charge on any atom is -0.371 e. The van der Waals surface area contributed by atoms with Crippen molar-refractivity contribution < 1.29 is 9.53 Å². The third-order valence-corrected chi connectivity index (χ3v) is 4.40. The van der Waals surface area contributed by atoms with Crippen LogP contribution in [0.3, 0.4) is 0 Å². The van der Waals surface area contributed by atoms with E-state index in [0.717, 1.165) is 30.8 Å². The molecule has 1 N–H and O–H groups in total. The maximum Gasteiger partial charge on any atom is 0.223 e. The second kappa shape index (κ2) is 7.13. The van der Waals surface area contributed by atoms with Gasteiger partial charge in [0, 0.05) is 37.1 Å². The van der Waals surface area contributed by atoms with E-state index in [1.807, 2.05) is 32.6 Å². The van der Waals surface area contributed by atoms with Gasteiger partial charge in [-0.15, -0.1) is 0 Å². The Morgan fingerprint density at radius 3 is 3.15 bits per heavy atom. The predicted molar refractivity (Wildman–Crippen MR) is 80.6 cm³/mol. The average Bonchev–Trinajstić information content (AvgIpc) is 2.86. The Hall–Kier alpha value is -1.01. The molecule has 0 radical (unpaired) electrons. The molecule has 0 aliphatic carbocycles. The summed E-state index contributed by atoms with van der Waals surface area (Å²) in [5, 5.41) is 7.34. The van der Waals surface area contributed by atoms with Crippen LogP contribution >= 0.6 is 11.8 Å². The Morgan fingerprint density at radius 2 is 2.50 bits per heavy atom. The number of nitrogens with one attached hydrogen (secondary N) is 1. The summed E-state index contributed by atoms with van der Waals surface area (Å²) < 4.78 is 7.62. The standard InChI is InChI=1S/C14H23N3O2S/c1-10(9-20-3)14(18)16-12-5-4-6-19-13(12)11-7-15-17(2)8-11/h7-8,10,12-13H,4-6,9H2,1-3H3,(H,16,18)/t10?,12-,13+/m0/s1. The van der Waals surface area contributed by atoms with Crippen LogP contribution in [0.4, 0.5) is 0 Å². The quantitative estimate of drug-likeness (QED) is 0.899. The fraction of sp³-hybridized carbons (Fsp3) is 0.714. The highest BCUT2D eigenvalue weighted by Gasteiger charge is 2.30. The number of thioether (sulfide) groups is 1. The monoisotopic (exact) mass is 297 g/mol. The van der Waals surface area contributed by atoms with Crippen LogP contribution in [-0.2, 0) is 16.6 Å². The van der Waals surface area contributed by atoms with Crippen molar-refractivity contribution in [2.24, 2.45) is 13.0 Å². The number of aromatic nitrogens is 2. The molecule has 5 nitrogen and oxygen atoms in total. The van der Waals surface area contributed by atoms with Crippen LogP contribution in [0.2, 0.25) is 0 Å². The fourth-order valence-corrected chi connectivity index (χ4v) is 3.15. The van der Waals surface area contributed by atoms with Crippen LogP contribution in [0.1, 0.15) is 31.4 Å². The molecule has 0 bridgehead atoms. The van der Waals surface area contributed by atoms with Crippen LogP contribution in [0, 0.1) is 5.92 Å². The first-order valence-electron chi connectivity index (χ1n) is 7.01. The number of carbonyl (C=O) groups is 1. The highest BCUT2D eigenvalue weighted by Crippen LogP contribution is 2.28. The van der Waals surface area contributed by atoms with Gasteiger partial charge in [0.15, 0.2) is 0 Å². The summed E-state index contributed by atoms with van der Waals surface area (Å²) >= 11 is 1.70. The smallest absolute Gasteiger partial charge is 0.223 e. The number of hydrogen-bond acceptors (Lipinski definition) is 4. The Balaban J connectivity index is 2.02. The highest BCUT2D eigenvalue weighted by atomic mass is 32.2. The van der Waals surface area contributed by atoms with E-state index >= 15 is 0 Å². The van der Waals surface area contributed by atoms with Crippen molar-refractivity contribution >= 4 is 17.7 Å². The molecule has 3 atom stereocenters. The first-order valence-corrected chi connectivity index (χ1v) is 8.40. The molecule has 1 aliphatic heterocycles. The molecule has 0 spiro atoms. The molecule has 1 aromatic heterocycles. The van der Waals surface area contributed by atoms with Crippen LogP contribution in [0.5, 0.6) is 0 Å². The zero-order chi connectivity index (χ0) is 14.5. The van der Waals surface area contributed by atoms with Crippen molar-refractivity contribution in [2.75, 3.05) is 18.6 Å². The number of carbonyl (C=O) groups excluding carboxylic acids is 1. The van der Waals surface area contributed by atoms with Crippen LogP contribution in [0.25, 0.3) is 0 Å². The maximum atomic E-state index is 12.2. The zero-order valence-corrected chi connectivity index (χ0v) is 13.2. The van der Waals surface area contributed by atoms with E-state index in [9.17, 15) is 4.79 Å². The normalized spacial score (nSPS) is 24.4. The third-order valence-electron chi connectivity index (χ3n) is 3.57. The molecule has 1 amide bonds. The summed E-state index contributed by atoms with van der Waals surface area (Å²) in [6.45, 7) is 2.71. The predicted octanol–water partition coefficient (Wildman–Crippen LogP) is 1.76. The molecule has 1 unspecified atom stereocenters. The van der Waals surface area contributed by atoms with Crippen LogP contribution in [-0.4, -0.2) is 40.3 Å². The van der Waals surface area contributed by atoms with Gasteiger partial charge in [-0.25, -0.2) is 0 Å². The fourth-order valence-electron chi connectivity index (χ4n) is 2.50. The molecule has 20 heavy (non-hydrogen) atoms. The first-order chi connectivity index (χ1) is 9.61. The Kier molecular flexibility index (Phi) is 5.48. The lowest BCUT2D eigenvalue weighted by Crippen LogP contribution is -2.45. The van der Waals surface area contributed by atoms with E-state index in [-0.39, 0.29) is 24.0 Å². The van der Waals surface area contributed by atoms with E-state index < -0.39 is 0 Å². The van der Waals surface area contributed by atoms with Gasteiger partial charge in [-0.05, 0) is 19.1 Å². The molecule has 1 fully saturated rings. The molecule has 0 saturated carbocycles. The van der Waals surface area contributed by atoms with Crippen molar-refractivity contribution in [2.45, 2.75) is 31.9 Å². The van der Waals surface area contributed by atoms with Crippen molar-refractivity contribution in [3.05, 3.63) is 18.0 Å². The summed E-state index contributed by atoms with van der Waals surface area (Å²) in [6.07, 6.45) is 7.66. The minimum absolute atomic E-state index is 0.0291. The summed E-state index contributed by atoms with van der Waals surface area (Å²) in [5.74, 6) is 0.988. The number of hydrogen-bond donors (Lipinski definition) is 1. The van der Waals surface area contributed by atoms with Gasteiger partial charge in [0.05, 0.1) is 12.2 Å². The lowest BCUT2D eigenvalue weighted by Gasteiger charge is -2.32. The molecule has 0 aromatic carbocycles. The van der Waals surface area contributed by atoms with E-state index in [1.165, 1.54) is 0 Å². The molecule has 1 saturated heterocycles.